The monoisotopic (exact) mass is 270 g/mol. The summed E-state index contributed by atoms with van der Waals surface area (Å²) >= 11 is 6.41. The van der Waals surface area contributed by atoms with Gasteiger partial charge in [-0.3, -0.25) is 0 Å². The van der Waals surface area contributed by atoms with Crippen LogP contribution < -0.4 is 10.6 Å². The molecule has 1 saturated carbocycles. The first-order chi connectivity index (χ1) is 8.08. The molecule has 1 aromatic rings. The van der Waals surface area contributed by atoms with Gasteiger partial charge in [0.25, 0.3) is 0 Å². The molecule has 0 amide bonds. The smallest absolute Gasteiger partial charge is 0.205 e. The maximum atomic E-state index is 5.55. The molecule has 6 heteroatoms. The molecule has 94 valence electrons. The van der Waals surface area contributed by atoms with Gasteiger partial charge in [-0.2, -0.15) is 4.37 Å². The molecule has 0 bridgehead atoms. The van der Waals surface area contributed by atoms with Crippen molar-refractivity contribution < 1.29 is 0 Å². The fraction of sp³-hybridized carbons (Fsp3) is 0.727. The predicted molar refractivity (Wildman–Crippen MR) is 75.8 cm³/mol. The minimum absolute atomic E-state index is 0.393. The topological polar surface area (TPSA) is 55.0 Å². The van der Waals surface area contributed by atoms with E-state index in [4.69, 9.17) is 18.0 Å². The van der Waals surface area contributed by atoms with Crippen molar-refractivity contribution in [1.29, 1.82) is 0 Å². The number of thiocarbonyl (C=S) groups is 1. The summed E-state index contributed by atoms with van der Waals surface area (Å²) in [4.78, 5) is 7.40. The van der Waals surface area contributed by atoms with E-state index in [0.717, 1.165) is 23.9 Å². The Bertz CT molecular complexity index is 398. The highest BCUT2D eigenvalue weighted by Crippen LogP contribution is 2.39. The zero-order chi connectivity index (χ0) is 12.4. The molecule has 1 aromatic heterocycles. The standard InChI is InChI=1S/C11H18N4S2/c1-7(2)15(6-5-9(12)16)11-13-10(14-17-11)8-3-4-8/h7-8H,3-6H2,1-2H3,(H2,12,16). The van der Waals surface area contributed by atoms with Crippen LogP contribution in [0.3, 0.4) is 0 Å². The average molecular weight is 270 g/mol. The Hall–Kier alpha value is -0.750. The predicted octanol–water partition coefficient (Wildman–Crippen LogP) is 2.31. The normalized spacial score (nSPS) is 15.2. The lowest BCUT2D eigenvalue weighted by Crippen LogP contribution is -2.33. The molecule has 1 heterocycles. The molecule has 1 fully saturated rings. The molecule has 1 aliphatic carbocycles. The molecule has 0 aliphatic heterocycles. The second kappa shape index (κ2) is 5.27. The second-order valence-corrected chi connectivity index (χ2v) is 5.97. The van der Waals surface area contributed by atoms with Gasteiger partial charge in [-0.15, -0.1) is 0 Å². The molecule has 1 aliphatic rings. The molecule has 0 aromatic carbocycles. The lowest BCUT2D eigenvalue weighted by atomic mass is 10.3. The third-order valence-corrected chi connectivity index (χ3v) is 3.81. The fourth-order valence-corrected chi connectivity index (χ4v) is 2.65. The molecule has 2 rings (SSSR count). The van der Waals surface area contributed by atoms with Crippen molar-refractivity contribution in [2.24, 2.45) is 5.73 Å². The Morgan fingerprint density at radius 2 is 2.29 bits per heavy atom. The van der Waals surface area contributed by atoms with Gasteiger partial charge < -0.3 is 10.6 Å². The fourth-order valence-electron chi connectivity index (χ4n) is 1.66. The van der Waals surface area contributed by atoms with Crippen molar-refractivity contribution in [3.63, 3.8) is 0 Å². The summed E-state index contributed by atoms with van der Waals surface area (Å²) < 4.78 is 4.43. The largest absolute Gasteiger partial charge is 0.393 e. The third kappa shape index (κ3) is 3.35. The Kier molecular flexibility index (Phi) is 3.93. The molecule has 0 unspecified atom stereocenters. The lowest BCUT2D eigenvalue weighted by Gasteiger charge is -2.25. The zero-order valence-electron chi connectivity index (χ0n) is 10.2. The minimum Gasteiger partial charge on any atom is -0.393 e. The van der Waals surface area contributed by atoms with Crippen LogP contribution in [0.1, 0.15) is 44.9 Å². The van der Waals surface area contributed by atoms with Crippen LogP contribution in [0.25, 0.3) is 0 Å². The van der Waals surface area contributed by atoms with Crippen LogP contribution >= 0.6 is 23.8 Å². The number of rotatable bonds is 6. The van der Waals surface area contributed by atoms with E-state index in [9.17, 15) is 0 Å². The molecule has 4 nitrogen and oxygen atoms in total. The lowest BCUT2D eigenvalue weighted by molar-refractivity contribution is 0.686. The van der Waals surface area contributed by atoms with E-state index in [0.29, 0.717) is 16.9 Å². The summed E-state index contributed by atoms with van der Waals surface area (Å²) in [7, 11) is 0. The van der Waals surface area contributed by atoms with Gasteiger partial charge in [0.2, 0.25) is 5.13 Å². The Morgan fingerprint density at radius 3 is 2.82 bits per heavy atom. The Labute approximate surface area is 111 Å². The number of hydrogen-bond acceptors (Lipinski definition) is 5. The van der Waals surface area contributed by atoms with E-state index in [2.05, 4.69) is 28.1 Å². The van der Waals surface area contributed by atoms with Crippen LogP contribution in [0.15, 0.2) is 0 Å². The van der Waals surface area contributed by atoms with E-state index in [1.807, 2.05) is 0 Å². The molecule has 0 saturated heterocycles. The van der Waals surface area contributed by atoms with E-state index < -0.39 is 0 Å². The molecule has 0 spiro atoms. The average Bonchev–Trinajstić information content (AvgIpc) is 2.98. The van der Waals surface area contributed by atoms with Crippen molar-refractivity contribution in [3.05, 3.63) is 5.82 Å². The Morgan fingerprint density at radius 1 is 1.59 bits per heavy atom. The third-order valence-electron chi connectivity index (χ3n) is 2.84. The van der Waals surface area contributed by atoms with Gasteiger partial charge in [0.15, 0.2) is 0 Å². The first kappa shape index (κ1) is 12.7. The maximum Gasteiger partial charge on any atom is 0.205 e. The van der Waals surface area contributed by atoms with Gasteiger partial charge in [-0.25, -0.2) is 4.98 Å². The van der Waals surface area contributed by atoms with Gasteiger partial charge in [-0.05, 0) is 26.7 Å². The molecule has 2 N–H and O–H groups in total. The summed E-state index contributed by atoms with van der Waals surface area (Å²) in [5.74, 6) is 1.63. The summed E-state index contributed by atoms with van der Waals surface area (Å²) in [5.41, 5.74) is 5.55. The highest BCUT2D eigenvalue weighted by molar-refractivity contribution is 7.80. The quantitative estimate of drug-likeness (QED) is 0.804. The van der Waals surface area contributed by atoms with Gasteiger partial charge in [0.1, 0.15) is 5.82 Å². The molecule has 17 heavy (non-hydrogen) atoms. The molecular weight excluding hydrogens is 252 g/mol. The van der Waals surface area contributed by atoms with Crippen LogP contribution in [0.2, 0.25) is 0 Å². The number of anilines is 1. The van der Waals surface area contributed by atoms with Crippen molar-refractivity contribution >= 4 is 33.9 Å². The van der Waals surface area contributed by atoms with E-state index in [1.54, 1.807) is 0 Å². The molecule has 0 atom stereocenters. The van der Waals surface area contributed by atoms with Crippen molar-refractivity contribution in [3.8, 4) is 0 Å². The highest BCUT2D eigenvalue weighted by Gasteiger charge is 2.28. The Balaban J connectivity index is 2.05. The van der Waals surface area contributed by atoms with Crippen molar-refractivity contribution in [1.82, 2.24) is 9.36 Å². The van der Waals surface area contributed by atoms with E-state index >= 15 is 0 Å². The number of nitrogens with two attached hydrogens (primary N) is 1. The zero-order valence-corrected chi connectivity index (χ0v) is 11.9. The number of hydrogen-bond donors (Lipinski definition) is 1. The number of aromatic nitrogens is 2. The van der Waals surface area contributed by atoms with Gasteiger partial charge in [0, 0.05) is 36.5 Å². The van der Waals surface area contributed by atoms with Crippen molar-refractivity contribution in [2.45, 2.75) is 45.1 Å². The minimum atomic E-state index is 0.393. The first-order valence-corrected chi connectivity index (χ1v) is 7.14. The molecule has 0 radical (unpaired) electrons. The van der Waals surface area contributed by atoms with E-state index in [-0.39, 0.29) is 0 Å². The summed E-state index contributed by atoms with van der Waals surface area (Å²) in [6, 6.07) is 0.393. The summed E-state index contributed by atoms with van der Waals surface area (Å²) in [6.45, 7) is 5.13. The van der Waals surface area contributed by atoms with Crippen LogP contribution in [0, 0.1) is 0 Å². The highest BCUT2D eigenvalue weighted by atomic mass is 32.1. The van der Waals surface area contributed by atoms with Gasteiger partial charge in [-0.1, -0.05) is 12.2 Å². The summed E-state index contributed by atoms with van der Waals surface area (Å²) in [5, 5.41) is 0.998. The van der Waals surface area contributed by atoms with E-state index in [1.165, 1.54) is 24.4 Å². The van der Waals surface area contributed by atoms with Crippen LogP contribution in [-0.2, 0) is 0 Å². The SMILES string of the molecule is CC(C)N(CCC(N)=S)c1nc(C2CC2)ns1. The van der Waals surface area contributed by atoms with Gasteiger partial charge in [0.05, 0.1) is 4.99 Å². The summed E-state index contributed by atoms with van der Waals surface area (Å²) in [6.07, 6.45) is 3.21. The second-order valence-electron chi connectivity index (χ2n) is 4.71. The van der Waals surface area contributed by atoms with Crippen molar-refractivity contribution in [2.75, 3.05) is 11.4 Å². The number of nitrogens with zero attached hydrogens (tertiary/aromatic N) is 3. The van der Waals surface area contributed by atoms with Crippen LogP contribution in [-0.4, -0.2) is 26.9 Å². The van der Waals surface area contributed by atoms with Gasteiger partial charge >= 0.3 is 0 Å². The first-order valence-electron chi connectivity index (χ1n) is 5.96. The van der Waals surface area contributed by atoms with Crippen LogP contribution in [0.5, 0.6) is 0 Å². The molecular formula is C11H18N4S2. The maximum absolute atomic E-state index is 5.55. The van der Waals surface area contributed by atoms with Crippen LogP contribution in [0.4, 0.5) is 5.13 Å².